The highest BCUT2D eigenvalue weighted by Gasteiger charge is 2.45. The average Bonchev–Trinajstić information content (AvgIpc) is 3.33. The summed E-state index contributed by atoms with van der Waals surface area (Å²) in [7, 11) is 0. The lowest BCUT2D eigenvalue weighted by atomic mass is 10.1. The summed E-state index contributed by atoms with van der Waals surface area (Å²) in [4.78, 5) is 17.7. The highest BCUT2D eigenvalue weighted by molar-refractivity contribution is 6.31. The van der Waals surface area contributed by atoms with Gasteiger partial charge in [-0.3, -0.25) is 9.36 Å². The number of aliphatic hydroxyl groups excluding tert-OH is 1. The summed E-state index contributed by atoms with van der Waals surface area (Å²) in [6, 6.07) is 15.0. The second kappa shape index (κ2) is 5.43. The van der Waals surface area contributed by atoms with Gasteiger partial charge in [0.25, 0.3) is 5.56 Å². The minimum Gasteiger partial charge on any atom is -0.394 e. The van der Waals surface area contributed by atoms with Crippen molar-refractivity contribution in [2.45, 2.75) is 18.4 Å². The first-order valence-corrected chi connectivity index (χ1v) is 8.90. The summed E-state index contributed by atoms with van der Waals surface area (Å²) >= 11 is 6.25. The van der Waals surface area contributed by atoms with Gasteiger partial charge < -0.3 is 9.67 Å². The second-order valence-electron chi connectivity index (χ2n) is 6.83. The molecule has 5 nitrogen and oxygen atoms in total. The van der Waals surface area contributed by atoms with E-state index in [-0.39, 0.29) is 17.7 Å². The number of fused-ring (bicyclic) bond motifs is 3. The van der Waals surface area contributed by atoms with Crippen LogP contribution in [-0.2, 0) is 5.54 Å². The summed E-state index contributed by atoms with van der Waals surface area (Å²) in [5.74, 6) is 0. The summed E-state index contributed by atoms with van der Waals surface area (Å²) in [6.07, 6.45) is 3.44. The van der Waals surface area contributed by atoms with Crippen molar-refractivity contribution in [3.05, 3.63) is 70.2 Å². The molecular formula is C20H16ClN3O2. The van der Waals surface area contributed by atoms with Crippen molar-refractivity contribution in [1.82, 2.24) is 14.1 Å². The summed E-state index contributed by atoms with van der Waals surface area (Å²) < 4.78 is 3.62. The molecule has 1 N–H and O–H groups in total. The van der Waals surface area contributed by atoms with Crippen molar-refractivity contribution in [2.24, 2.45) is 0 Å². The first-order valence-electron chi connectivity index (χ1n) is 8.53. The van der Waals surface area contributed by atoms with E-state index in [0.717, 1.165) is 34.9 Å². The maximum absolute atomic E-state index is 13.3. The average molecular weight is 366 g/mol. The monoisotopic (exact) mass is 365 g/mol. The number of aliphatic hydroxyl groups is 1. The predicted molar refractivity (Wildman–Crippen MR) is 102 cm³/mol. The maximum Gasteiger partial charge on any atom is 0.283 e. The molecule has 0 spiro atoms. The largest absolute Gasteiger partial charge is 0.394 e. The number of halogens is 1. The zero-order valence-electron chi connectivity index (χ0n) is 13.9. The van der Waals surface area contributed by atoms with Crippen LogP contribution in [0.3, 0.4) is 0 Å². The first kappa shape index (κ1) is 15.6. The maximum atomic E-state index is 13.3. The minimum atomic E-state index is -0.341. The lowest BCUT2D eigenvalue weighted by Crippen LogP contribution is -2.23. The number of pyridine rings is 1. The molecule has 0 unspecified atom stereocenters. The Hall–Kier alpha value is -2.63. The van der Waals surface area contributed by atoms with E-state index in [0.29, 0.717) is 10.5 Å². The molecule has 6 heteroatoms. The zero-order valence-corrected chi connectivity index (χ0v) is 14.6. The summed E-state index contributed by atoms with van der Waals surface area (Å²) in [6.45, 7) is 0.0370. The topological polar surface area (TPSA) is 60.1 Å². The lowest BCUT2D eigenvalue weighted by molar-refractivity contribution is 0.216. The molecule has 4 aromatic rings. The molecule has 0 aliphatic heterocycles. The normalized spacial score (nSPS) is 15.6. The third-order valence-corrected chi connectivity index (χ3v) is 5.51. The number of para-hydroxylation sites is 1. The molecule has 0 saturated heterocycles. The Balaban J connectivity index is 1.97. The number of aromatic nitrogens is 3. The van der Waals surface area contributed by atoms with Crippen molar-refractivity contribution in [3.8, 4) is 5.69 Å². The van der Waals surface area contributed by atoms with Crippen LogP contribution >= 0.6 is 11.6 Å². The molecule has 1 aliphatic carbocycles. The van der Waals surface area contributed by atoms with Gasteiger partial charge in [-0.05, 0) is 43.2 Å². The molecule has 0 bridgehead atoms. The molecule has 2 aromatic heterocycles. The van der Waals surface area contributed by atoms with E-state index >= 15 is 0 Å². The Bertz CT molecular complexity index is 1210. The van der Waals surface area contributed by atoms with Crippen molar-refractivity contribution in [2.75, 3.05) is 6.61 Å². The Morgan fingerprint density at radius 3 is 2.62 bits per heavy atom. The van der Waals surface area contributed by atoms with E-state index in [2.05, 4.69) is 4.98 Å². The van der Waals surface area contributed by atoms with Gasteiger partial charge in [0.1, 0.15) is 0 Å². The fourth-order valence-electron chi connectivity index (χ4n) is 3.68. The van der Waals surface area contributed by atoms with Gasteiger partial charge in [0.05, 0.1) is 29.5 Å². The molecule has 0 amide bonds. The smallest absolute Gasteiger partial charge is 0.283 e. The third kappa shape index (κ3) is 2.08. The van der Waals surface area contributed by atoms with Gasteiger partial charge in [-0.1, -0.05) is 29.8 Å². The van der Waals surface area contributed by atoms with E-state index in [4.69, 9.17) is 11.6 Å². The van der Waals surface area contributed by atoms with Crippen LogP contribution in [0.5, 0.6) is 0 Å². The van der Waals surface area contributed by atoms with Gasteiger partial charge in [-0.15, -0.1) is 0 Å². The number of rotatable bonds is 3. The van der Waals surface area contributed by atoms with E-state index in [1.54, 1.807) is 17.0 Å². The van der Waals surface area contributed by atoms with Gasteiger partial charge in [-0.25, -0.2) is 4.98 Å². The van der Waals surface area contributed by atoms with Gasteiger partial charge >= 0.3 is 0 Å². The molecular weight excluding hydrogens is 350 g/mol. The number of hydrogen-bond donors (Lipinski definition) is 1. The molecule has 1 saturated carbocycles. The predicted octanol–water partition coefficient (Wildman–Crippen LogP) is 3.48. The highest BCUT2D eigenvalue weighted by Crippen LogP contribution is 2.45. The van der Waals surface area contributed by atoms with Crippen LogP contribution in [-0.4, -0.2) is 25.8 Å². The minimum absolute atomic E-state index is 0.0370. The van der Waals surface area contributed by atoms with Crippen molar-refractivity contribution in [3.63, 3.8) is 0 Å². The van der Waals surface area contributed by atoms with E-state index in [1.165, 1.54) is 0 Å². The number of imidazole rings is 1. The molecule has 2 heterocycles. The van der Waals surface area contributed by atoms with Gasteiger partial charge in [0.2, 0.25) is 0 Å². The van der Waals surface area contributed by atoms with Crippen LogP contribution in [0.15, 0.2) is 59.7 Å². The third-order valence-electron chi connectivity index (χ3n) is 5.28. The molecule has 0 atom stereocenters. The molecule has 1 fully saturated rings. The van der Waals surface area contributed by atoms with Gasteiger partial charge in [-0.2, -0.15) is 0 Å². The van der Waals surface area contributed by atoms with Gasteiger partial charge in [0, 0.05) is 16.1 Å². The van der Waals surface area contributed by atoms with Crippen molar-refractivity contribution >= 4 is 33.5 Å². The Morgan fingerprint density at radius 1 is 1.15 bits per heavy atom. The lowest BCUT2D eigenvalue weighted by Gasteiger charge is -2.17. The highest BCUT2D eigenvalue weighted by atomic mass is 35.5. The van der Waals surface area contributed by atoms with Crippen LogP contribution in [0.25, 0.3) is 27.6 Å². The summed E-state index contributed by atoms with van der Waals surface area (Å²) in [5, 5.41) is 11.3. The quantitative estimate of drug-likeness (QED) is 0.604. The first-order chi connectivity index (χ1) is 12.6. The SMILES string of the molecule is O=c1c2ncn(C3(CO)CC3)c2c2ccc(Cl)cc2n1-c1ccccc1. The molecule has 2 aromatic carbocycles. The number of hydrogen-bond acceptors (Lipinski definition) is 3. The summed E-state index contributed by atoms with van der Waals surface area (Å²) in [5.41, 5.74) is 2.14. The van der Waals surface area contributed by atoms with Crippen LogP contribution in [0.2, 0.25) is 5.02 Å². The molecule has 5 rings (SSSR count). The standard InChI is InChI=1S/C20H16ClN3O2/c21-13-6-7-15-16(10-13)24(14-4-2-1-3-5-14)19(26)17-18(15)23(12-22-17)20(11-25)8-9-20/h1-7,10,12,25H,8-9,11H2. The molecule has 26 heavy (non-hydrogen) atoms. The molecule has 0 radical (unpaired) electrons. The van der Waals surface area contributed by atoms with Crippen LogP contribution in [0, 0.1) is 0 Å². The van der Waals surface area contributed by atoms with Crippen molar-refractivity contribution < 1.29 is 5.11 Å². The van der Waals surface area contributed by atoms with Gasteiger partial charge in [0.15, 0.2) is 5.52 Å². The van der Waals surface area contributed by atoms with E-state index in [1.807, 2.05) is 47.0 Å². The fraction of sp³-hybridized carbons (Fsp3) is 0.200. The van der Waals surface area contributed by atoms with Crippen LogP contribution < -0.4 is 5.56 Å². The van der Waals surface area contributed by atoms with E-state index < -0.39 is 0 Å². The Kier molecular flexibility index (Phi) is 3.26. The van der Waals surface area contributed by atoms with E-state index in [9.17, 15) is 9.90 Å². The zero-order chi connectivity index (χ0) is 17.9. The Morgan fingerprint density at radius 2 is 1.92 bits per heavy atom. The fourth-order valence-corrected chi connectivity index (χ4v) is 3.85. The molecule has 130 valence electrons. The number of benzene rings is 2. The number of nitrogens with zero attached hydrogens (tertiary/aromatic N) is 3. The van der Waals surface area contributed by atoms with Crippen LogP contribution in [0.1, 0.15) is 12.8 Å². The Labute approximate surface area is 154 Å². The van der Waals surface area contributed by atoms with Crippen molar-refractivity contribution in [1.29, 1.82) is 0 Å². The van der Waals surface area contributed by atoms with Crippen LogP contribution in [0.4, 0.5) is 0 Å². The second-order valence-corrected chi connectivity index (χ2v) is 7.27. The molecule has 1 aliphatic rings.